The molecule has 1 aromatic carbocycles. The summed E-state index contributed by atoms with van der Waals surface area (Å²) in [6, 6.07) is 11.3. The summed E-state index contributed by atoms with van der Waals surface area (Å²) in [4.78, 5) is 38.2. The zero-order chi connectivity index (χ0) is 24.2. The first kappa shape index (κ1) is 22.9. The molecule has 0 fully saturated rings. The number of hydrogen-bond donors (Lipinski definition) is 2. The van der Waals surface area contributed by atoms with Crippen molar-refractivity contribution in [2.75, 3.05) is 17.3 Å². The van der Waals surface area contributed by atoms with Crippen LogP contribution in [0, 0.1) is 6.92 Å². The highest BCUT2D eigenvalue weighted by atomic mass is 16.4. The van der Waals surface area contributed by atoms with Gasteiger partial charge in [0.05, 0.1) is 18.5 Å². The molecular weight excluding hydrogens is 434 g/mol. The Morgan fingerprint density at radius 2 is 2.00 bits per heavy atom. The van der Waals surface area contributed by atoms with Crippen LogP contribution in [0.2, 0.25) is 0 Å². The third-order valence-electron chi connectivity index (χ3n) is 5.55. The molecule has 1 amide bonds. The normalized spacial score (nSPS) is 11.9. The van der Waals surface area contributed by atoms with Crippen molar-refractivity contribution in [1.29, 1.82) is 0 Å². The Bertz CT molecular complexity index is 1330. The predicted molar refractivity (Wildman–Crippen MR) is 128 cm³/mol. The number of amides is 1. The summed E-state index contributed by atoms with van der Waals surface area (Å²) >= 11 is 0. The number of nitrogens with one attached hydrogen (secondary N) is 1. The van der Waals surface area contributed by atoms with Crippen LogP contribution in [-0.4, -0.2) is 39.0 Å². The molecular formula is C25H25N5O4. The summed E-state index contributed by atoms with van der Waals surface area (Å²) in [7, 11) is 1.88. The lowest BCUT2D eigenvalue weighted by molar-refractivity contribution is -0.137. The molecule has 0 saturated carbocycles. The highest BCUT2D eigenvalue weighted by Gasteiger charge is 2.15. The number of anilines is 3. The monoisotopic (exact) mass is 459 g/mol. The van der Waals surface area contributed by atoms with Gasteiger partial charge >= 0.3 is 12.0 Å². The van der Waals surface area contributed by atoms with Crippen molar-refractivity contribution >= 4 is 40.5 Å². The molecule has 3 heterocycles. The van der Waals surface area contributed by atoms with Gasteiger partial charge in [0.1, 0.15) is 11.3 Å². The van der Waals surface area contributed by atoms with E-state index in [0.717, 1.165) is 22.4 Å². The standard InChI is InChI=1S/C25H25N5O4/c1-15(10-24(32)33)18-5-7-22(27-14-18)29-23(31)12-17-4-6-19-21(11-17)34-25(28-19)30(3)20-8-9-26-13-16(20)2/h4-9,11,13-15H,10,12H2,1-3H3,(H,32,33)(H,27,29,31). The van der Waals surface area contributed by atoms with E-state index in [1.165, 1.54) is 0 Å². The number of carboxylic acids is 1. The highest BCUT2D eigenvalue weighted by molar-refractivity contribution is 5.92. The Morgan fingerprint density at radius 1 is 1.18 bits per heavy atom. The van der Waals surface area contributed by atoms with E-state index in [4.69, 9.17) is 9.52 Å². The highest BCUT2D eigenvalue weighted by Crippen LogP contribution is 2.29. The lowest BCUT2D eigenvalue weighted by Crippen LogP contribution is -2.15. The van der Waals surface area contributed by atoms with Crippen LogP contribution in [0.5, 0.6) is 0 Å². The van der Waals surface area contributed by atoms with Gasteiger partial charge in [-0.1, -0.05) is 19.1 Å². The zero-order valence-electron chi connectivity index (χ0n) is 19.1. The average molecular weight is 460 g/mol. The lowest BCUT2D eigenvalue weighted by Gasteiger charge is -2.16. The van der Waals surface area contributed by atoms with Crippen LogP contribution in [0.4, 0.5) is 17.5 Å². The molecule has 0 aliphatic rings. The van der Waals surface area contributed by atoms with Gasteiger partial charge < -0.3 is 14.8 Å². The Labute approximate surface area is 196 Å². The molecule has 0 radical (unpaired) electrons. The first-order chi connectivity index (χ1) is 16.3. The van der Waals surface area contributed by atoms with Crippen molar-refractivity contribution in [3.05, 3.63) is 71.7 Å². The number of aliphatic carboxylic acids is 1. The Kier molecular flexibility index (Phi) is 6.53. The number of benzene rings is 1. The number of oxazole rings is 1. The van der Waals surface area contributed by atoms with Crippen LogP contribution in [0.1, 0.15) is 36.0 Å². The Balaban J connectivity index is 1.42. The predicted octanol–water partition coefficient (Wildman–Crippen LogP) is 4.45. The second kappa shape index (κ2) is 9.70. The van der Waals surface area contributed by atoms with E-state index in [1.54, 1.807) is 30.7 Å². The molecule has 0 saturated heterocycles. The zero-order valence-corrected chi connectivity index (χ0v) is 19.1. The molecule has 3 aromatic heterocycles. The van der Waals surface area contributed by atoms with Crippen molar-refractivity contribution in [2.45, 2.75) is 32.6 Å². The van der Waals surface area contributed by atoms with Crippen LogP contribution in [0.3, 0.4) is 0 Å². The van der Waals surface area contributed by atoms with Gasteiger partial charge in [0, 0.05) is 25.6 Å². The molecule has 34 heavy (non-hydrogen) atoms. The van der Waals surface area contributed by atoms with Crippen molar-refractivity contribution in [2.24, 2.45) is 0 Å². The van der Waals surface area contributed by atoms with Crippen LogP contribution in [0.15, 0.2) is 59.4 Å². The number of hydrogen-bond acceptors (Lipinski definition) is 7. The maximum atomic E-state index is 12.5. The topological polar surface area (TPSA) is 121 Å². The summed E-state index contributed by atoms with van der Waals surface area (Å²) in [5, 5.41) is 11.7. The molecule has 4 rings (SSSR count). The minimum atomic E-state index is -0.861. The first-order valence-electron chi connectivity index (χ1n) is 10.8. The molecule has 0 spiro atoms. The SMILES string of the molecule is Cc1cnccc1N(C)c1nc2ccc(CC(=O)Nc3ccc(C(C)CC(=O)O)cn3)cc2o1. The third-order valence-corrected chi connectivity index (χ3v) is 5.55. The molecule has 0 aliphatic carbocycles. The second-order valence-electron chi connectivity index (χ2n) is 8.22. The van der Waals surface area contributed by atoms with Gasteiger partial charge in [0.2, 0.25) is 5.91 Å². The van der Waals surface area contributed by atoms with Gasteiger partial charge in [-0.15, -0.1) is 0 Å². The molecule has 0 bridgehead atoms. The van der Waals surface area contributed by atoms with Crippen LogP contribution in [-0.2, 0) is 16.0 Å². The fourth-order valence-corrected chi connectivity index (χ4v) is 3.68. The fourth-order valence-electron chi connectivity index (χ4n) is 3.68. The largest absolute Gasteiger partial charge is 0.481 e. The molecule has 9 nitrogen and oxygen atoms in total. The van der Waals surface area contributed by atoms with Crippen molar-refractivity contribution in [1.82, 2.24) is 15.0 Å². The number of pyridine rings is 2. The quantitative estimate of drug-likeness (QED) is 0.396. The number of aromatic nitrogens is 3. The molecule has 0 aliphatic heterocycles. The fraction of sp³-hybridized carbons (Fsp3) is 0.240. The third kappa shape index (κ3) is 5.20. The number of aryl methyl sites for hydroxylation is 1. The lowest BCUT2D eigenvalue weighted by atomic mass is 10.00. The first-order valence-corrected chi connectivity index (χ1v) is 10.8. The minimum Gasteiger partial charge on any atom is -0.481 e. The Hall–Kier alpha value is -4.27. The summed E-state index contributed by atoms with van der Waals surface area (Å²) in [6.45, 7) is 3.79. The van der Waals surface area contributed by atoms with Crippen LogP contribution >= 0.6 is 0 Å². The summed E-state index contributed by atoms with van der Waals surface area (Å²) in [5.74, 6) is -0.828. The van der Waals surface area contributed by atoms with Gasteiger partial charge in [-0.25, -0.2) is 4.98 Å². The maximum absolute atomic E-state index is 12.5. The molecule has 174 valence electrons. The summed E-state index contributed by atoms with van der Waals surface area (Å²) in [5.41, 5.74) is 4.82. The van der Waals surface area contributed by atoms with Gasteiger partial charge in [-0.2, -0.15) is 4.98 Å². The number of fused-ring (bicyclic) bond motifs is 1. The smallest absolute Gasteiger partial charge is 0.303 e. The van der Waals surface area contributed by atoms with Crippen molar-refractivity contribution in [3.8, 4) is 0 Å². The van der Waals surface area contributed by atoms with E-state index in [9.17, 15) is 9.59 Å². The number of carbonyl (C=O) groups excluding carboxylic acids is 1. The molecule has 2 N–H and O–H groups in total. The minimum absolute atomic E-state index is 0.0250. The second-order valence-corrected chi connectivity index (χ2v) is 8.22. The summed E-state index contributed by atoms with van der Waals surface area (Å²) in [6.07, 6.45) is 5.26. The number of carboxylic acid groups (broad SMARTS) is 1. The number of carbonyl (C=O) groups is 2. The van der Waals surface area contributed by atoms with E-state index < -0.39 is 5.97 Å². The number of nitrogens with zero attached hydrogens (tertiary/aromatic N) is 4. The maximum Gasteiger partial charge on any atom is 0.303 e. The van der Waals surface area contributed by atoms with Gasteiger partial charge in [0.15, 0.2) is 5.58 Å². The molecule has 4 aromatic rings. The summed E-state index contributed by atoms with van der Waals surface area (Å²) < 4.78 is 5.95. The van der Waals surface area contributed by atoms with Crippen LogP contribution in [0.25, 0.3) is 11.1 Å². The van der Waals surface area contributed by atoms with E-state index in [-0.39, 0.29) is 24.7 Å². The van der Waals surface area contributed by atoms with Crippen molar-refractivity contribution < 1.29 is 19.1 Å². The Morgan fingerprint density at radius 3 is 2.71 bits per heavy atom. The molecule has 1 unspecified atom stereocenters. The van der Waals surface area contributed by atoms with Gasteiger partial charge in [-0.05, 0) is 53.8 Å². The average Bonchev–Trinajstić information content (AvgIpc) is 3.22. The number of rotatable bonds is 8. The van der Waals surface area contributed by atoms with E-state index in [1.807, 2.05) is 50.1 Å². The molecule has 1 atom stereocenters. The van der Waals surface area contributed by atoms with Crippen molar-refractivity contribution in [3.63, 3.8) is 0 Å². The van der Waals surface area contributed by atoms with Gasteiger partial charge in [-0.3, -0.25) is 19.5 Å². The van der Waals surface area contributed by atoms with Gasteiger partial charge in [0.25, 0.3) is 0 Å². The van der Waals surface area contributed by atoms with E-state index in [0.29, 0.717) is 22.9 Å². The van der Waals surface area contributed by atoms with E-state index >= 15 is 0 Å². The molecule has 9 heteroatoms. The van der Waals surface area contributed by atoms with Crippen LogP contribution < -0.4 is 10.2 Å². The van der Waals surface area contributed by atoms with E-state index in [2.05, 4.69) is 20.3 Å².